The van der Waals surface area contributed by atoms with E-state index in [-0.39, 0.29) is 5.97 Å². The standard InChI is InChI=1S/C22H43BO2/c1-2-3-4-5-6-7-8-9-10-11-12-13-14-15-16-17-18-19-20-21-22(24)25-23/h2-21H2,1H3. The largest absolute Gasteiger partial charge is 0.543 e. The summed E-state index contributed by atoms with van der Waals surface area (Å²) in [6, 6.07) is 0. The zero-order valence-corrected chi connectivity index (χ0v) is 17.0. The van der Waals surface area contributed by atoms with Crippen LogP contribution in [-0.2, 0) is 9.45 Å². The second kappa shape index (κ2) is 21.6. The van der Waals surface area contributed by atoms with Crippen LogP contribution in [0.2, 0.25) is 0 Å². The molecule has 0 unspecified atom stereocenters. The summed E-state index contributed by atoms with van der Waals surface area (Å²) in [6.45, 7) is 2.28. The minimum atomic E-state index is -0.285. The number of carbonyl (C=O) groups excluding carboxylic acids is 1. The number of hydrogen-bond acceptors (Lipinski definition) is 2. The lowest BCUT2D eigenvalue weighted by Gasteiger charge is -2.04. The summed E-state index contributed by atoms with van der Waals surface area (Å²) in [5, 5.41) is 0. The SMILES string of the molecule is [B]OC(=O)CCCCCCCCCCCCCCCCCCCCC. The molecule has 0 aliphatic rings. The van der Waals surface area contributed by atoms with Crippen molar-refractivity contribution in [3.05, 3.63) is 0 Å². The molecular weight excluding hydrogens is 307 g/mol. The van der Waals surface area contributed by atoms with E-state index in [0.717, 1.165) is 12.8 Å². The lowest BCUT2D eigenvalue weighted by molar-refractivity contribution is -0.134. The van der Waals surface area contributed by atoms with Crippen LogP contribution in [0.1, 0.15) is 135 Å². The quantitative estimate of drug-likeness (QED) is 0.168. The molecule has 146 valence electrons. The molecule has 3 heteroatoms. The fourth-order valence-electron chi connectivity index (χ4n) is 3.41. The first-order chi connectivity index (χ1) is 12.3. The summed E-state index contributed by atoms with van der Waals surface area (Å²) in [5.41, 5.74) is 0. The van der Waals surface area contributed by atoms with E-state index in [2.05, 4.69) is 11.6 Å². The number of unbranched alkanes of at least 4 members (excludes halogenated alkanes) is 18. The van der Waals surface area contributed by atoms with Crippen molar-refractivity contribution >= 4 is 14.0 Å². The molecule has 0 fully saturated rings. The zero-order valence-electron chi connectivity index (χ0n) is 17.0. The van der Waals surface area contributed by atoms with Crippen LogP contribution in [-0.4, -0.2) is 14.0 Å². The van der Waals surface area contributed by atoms with Gasteiger partial charge in [0.1, 0.15) is 0 Å². The first-order valence-electron chi connectivity index (χ1n) is 11.2. The van der Waals surface area contributed by atoms with Crippen LogP contribution in [0.4, 0.5) is 0 Å². The summed E-state index contributed by atoms with van der Waals surface area (Å²) in [5.74, 6) is -0.285. The fraction of sp³-hybridized carbons (Fsp3) is 0.955. The smallest absolute Gasteiger partial charge is 0.378 e. The maximum Gasteiger partial charge on any atom is 0.378 e. The molecule has 0 saturated carbocycles. The number of carbonyl (C=O) groups is 1. The highest BCUT2D eigenvalue weighted by molar-refractivity contribution is 6.05. The van der Waals surface area contributed by atoms with Crippen LogP contribution in [0.25, 0.3) is 0 Å². The monoisotopic (exact) mass is 350 g/mol. The Morgan fingerprint density at radius 1 is 0.560 bits per heavy atom. The lowest BCUT2D eigenvalue weighted by atomic mass is 10.0. The minimum absolute atomic E-state index is 0.285. The molecule has 0 atom stereocenters. The van der Waals surface area contributed by atoms with Gasteiger partial charge in [0, 0.05) is 6.42 Å². The molecule has 0 aromatic rings. The van der Waals surface area contributed by atoms with Crippen LogP contribution in [0.5, 0.6) is 0 Å². The fourth-order valence-corrected chi connectivity index (χ4v) is 3.41. The molecule has 0 aliphatic carbocycles. The molecule has 0 heterocycles. The van der Waals surface area contributed by atoms with Crippen LogP contribution < -0.4 is 0 Å². The Morgan fingerprint density at radius 3 is 1.12 bits per heavy atom. The van der Waals surface area contributed by atoms with E-state index >= 15 is 0 Å². The number of hydrogen-bond donors (Lipinski definition) is 0. The highest BCUT2D eigenvalue weighted by Gasteiger charge is 1.99. The van der Waals surface area contributed by atoms with Crippen molar-refractivity contribution in [2.24, 2.45) is 0 Å². The molecule has 0 bridgehead atoms. The summed E-state index contributed by atoms with van der Waals surface area (Å²) < 4.78 is 4.15. The molecule has 0 rings (SSSR count). The van der Waals surface area contributed by atoms with Crippen LogP contribution in [0.3, 0.4) is 0 Å². The Kier molecular flexibility index (Phi) is 21.2. The van der Waals surface area contributed by atoms with E-state index in [9.17, 15) is 4.79 Å². The van der Waals surface area contributed by atoms with Gasteiger partial charge in [0.05, 0.1) is 0 Å². The van der Waals surface area contributed by atoms with Crippen molar-refractivity contribution in [2.45, 2.75) is 135 Å². The third kappa shape index (κ3) is 21.5. The first kappa shape index (κ1) is 24.5. The highest BCUT2D eigenvalue weighted by atomic mass is 16.5. The molecular formula is C22H43BO2. The third-order valence-electron chi connectivity index (χ3n) is 5.12. The molecule has 0 N–H and O–H groups in total. The van der Waals surface area contributed by atoms with E-state index < -0.39 is 0 Å². The average molecular weight is 350 g/mol. The maximum absolute atomic E-state index is 10.8. The van der Waals surface area contributed by atoms with Gasteiger partial charge >= 0.3 is 8.05 Å². The van der Waals surface area contributed by atoms with E-state index in [1.165, 1.54) is 109 Å². The van der Waals surface area contributed by atoms with Crippen LogP contribution in [0, 0.1) is 0 Å². The van der Waals surface area contributed by atoms with Gasteiger partial charge in [-0.05, 0) is 6.42 Å². The van der Waals surface area contributed by atoms with Gasteiger partial charge in [0.15, 0.2) is 0 Å². The Balaban J connectivity index is 2.99. The van der Waals surface area contributed by atoms with Crippen molar-refractivity contribution in [1.82, 2.24) is 0 Å². The Labute approximate surface area is 159 Å². The van der Waals surface area contributed by atoms with Crippen LogP contribution >= 0.6 is 0 Å². The van der Waals surface area contributed by atoms with Gasteiger partial charge in [-0.1, -0.05) is 122 Å². The van der Waals surface area contributed by atoms with Gasteiger partial charge in [0.25, 0.3) is 5.97 Å². The highest BCUT2D eigenvalue weighted by Crippen LogP contribution is 2.14. The van der Waals surface area contributed by atoms with E-state index in [1.54, 1.807) is 0 Å². The van der Waals surface area contributed by atoms with Gasteiger partial charge in [-0.3, -0.25) is 4.79 Å². The van der Waals surface area contributed by atoms with Gasteiger partial charge < -0.3 is 4.65 Å². The molecule has 0 aromatic carbocycles. The third-order valence-corrected chi connectivity index (χ3v) is 5.12. The summed E-state index contributed by atoms with van der Waals surface area (Å²) >= 11 is 0. The van der Waals surface area contributed by atoms with E-state index in [4.69, 9.17) is 8.05 Å². The second-order valence-corrected chi connectivity index (χ2v) is 7.60. The Bertz CT molecular complexity index is 269. The summed E-state index contributed by atoms with van der Waals surface area (Å²) in [7, 11) is 4.80. The van der Waals surface area contributed by atoms with E-state index in [1.807, 2.05) is 0 Å². The minimum Gasteiger partial charge on any atom is -0.543 e. The first-order valence-corrected chi connectivity index (χ1v) is 11.2. The zero-order chi connectivity index (χ0) is 18.4. The predicted octanol–water partition coefficient (Wildman–Crippen LogP) is 7.44. The molecule has 25 heavy (non-hydrogen) atoms. The van der Waals surface area contributed by atoms with Crippen LogP contribution in [0.15, 0.2) is 0 Å². The number of rotatable bonds is 20. The van der Waals surface area contributed by atoms with Gasteiger partial charge in [-0.15, -0.1) is 0 Å². The van der Waals surface area contributed by atoms with Crippen molar-refractivity contribution in [3.8, 4) is 0 Å². The lowest BCUT2D eigenvalue weighted by Crippen LogP contribution is -2.00. The second-order valence-electron chi connectivity index (χ2n) is 7.60. The van der Waals surface area contributed by atoms with Crippen molar-refractivity contribution in [2.75, 3.05) is 0 Å². The summed E-state index contributed by atoms with van der Waals surface area (Å²) in [4.78, 5) is 10.8. The van der Waals surface area contributed by atoms with Gasteiger partial charge in [-0.2, -0.15) is 0 Å². The molecule has 2 radical (unpaired) electrons. The molecule has 0 saturated heterocycles. The Morgan fingerprint density at radius 2 is 0.840 bits per heavy atom. The maximum atomic E-state index is 10.8. The van der Waals surface area contributed by atoms with Crippen molar-refractivity contribution < 1.29 is 9.45 Å². The molecule has 0 amide bonds. The van der Waals surface area contributed by atoms with Crippen molar-refractivity contribution in [3.63, 3.8) is 0 Å². The summed E-state index contributed by atoms with van der Waals surface area (Å²) in [6.07, 6.45) is 26.4. The molecule has 2 nitrogen and oxygen atoms in total. The molecule has 0 aliphatic heterocycles. The van der Waals surface area contributed by atoms with E-state index in [0.29, 0.717) is 6.42 Å². The molecule has 0 spiro atoms. The molecule has 0 aromatic heterocycles. The normalized spacial score (nSPS) is 10.9. The predicted molar refractivity (Wildman–Crippen MR) is 110 cm³/mol. The van der Waals surface area contributed by atoms with Gasteiger partial charge in [-0.25, -0.2) is 0 Å². The topological polar surface area (TPSA) is 26.3 Å². The van der Waals surface area contributed by atoms with Crippen molar-refractivity contribution in [1.29, 1.82) is 0 Å². The van der Waals surface area contributed by atoms with Gasteiger partial charge in [0.2, 0.25) is 0 Å². The Hall–Kier alpha value is -0.465. The average Bonchev–Trinajstić information content (AvgIpc) is 2.63.